The molecule has 1 amide bonds. The molecule has 1 aromatic rings. The second-order valence-corrected chi connectivity index (χ2v) is 7.69. The molecule has 2 rings (SSSR count). The van der Waals surface area contributed by atoms with Gasteiger partial charge in [-0.15, -0.1) is 0 Å². The fourth-order valence-corrected chi connectivity index (χ4v) is 3.58. The van der Waals surface area contributed by atoms with Crippen molar-refractivity contribution in [1.29, 1.82) is 0 Å². The van der Waals surface area contributed by atoms with Crippen LogP contribution in [0.15, 0.2) is 30.3 Å². The van der Waals surface area contributed by atoms with E-state index in [9.17, 15) is 20.1 Å². The van der Waals surface area contributed by atoms with E-state index >= 15 is 0 Å². The first-order valence-electron chi connectivity index (χ1n) is 9.89. The highest BCUT2D eigenvalue weighted by atomic mass is 16.5. The molecule has 4 N–H and O–H groups in total. The first kappa shape index (κ1) is 21.8. The number of benzene rings is 1. The molecule has 0 aromatic heterocycles. The molecule has 1 saturated heterocycles. The fraction of sp³-hybridized carbons (Fsp3) is 0.667. The number of carbonyl (C=O) groups is 1. The van der Waals surface area contributed by atoms with Crippen LogP contribution in [0.2, 0.25) is 0 Å². The molecule has 1 aromatic carbocycles. The van der Waals surface area contributed by atoms with Crippen LogP contribution in [0.1, 0.15) is 45.1 Å². The largest absolute Gasteiger partial charge is 0.394 e. The predicted octanol–water partition coefficient (Wildman–Crippen LogP) is 1.41. The van der Waals surface area contributed by atoms with Crippen molar-refractivity contribution in [2.75, 3.05) is 6.61 Å². The predicted molar refractivity (Wildman–Crippen MR) is 103 cm³/mol. The van der Waals surface area contributed by atoms with E-state index in [1.165, 1.54) is 5.56 Å². The van der Waals surface area contributed by atoms with Crippen LogP contribution < -0.4 is 5.32 Å². The maximum absolute atomic E-state index is 12.3. The van der Waals surface area contributed by atoms with Crippen LogP contribution in [0, 0.1) is 5.92 Å². The van der Waals surface area contributed by atoms with Gasteiger partial charge in [0.15, 0.2) is 0 Å². The van der Waals surface area contributed by atoms with Gasteiger partial charge in [0, 0.05) is 6.42 Å². The highest BCUT2D eigenvalue weighted by molar-refractivity contribution is 5.76. The van der Waals surface area contributed by atoms with E-state index in [2.05, 4.69) is 17.4 Å². The van der Waals surface area contributed by atoms with Crippen LogP contribution >= 0.6 is 0 Å². The molecule has 1 fully saturated rings. The van der Waals surface area contributed by atoms with Gasteiger partial charge in [-0.3, -0.25) is 4.79 Å². The zero-order valence-electron chi connectivity index (χ0n) is 16.3. The summed E-state index contributed by atoms with van der Waals surface area (Å²) in [5, 5.41) is 32.6. The Morgan fingerprint density at radius 2 is 1.81 bits per heavy atom. The fourth-order valence-electron chi connectivity index (χ4n) is 3.58. The molecular formula is C21H33NO5. The van der Waals surface area contributed by atoms with Crippen molar-refractivity contribution in [3.05, 3.63) is 35.9 Å². The molecule has 152 valence electrons. The van der Waals surface area contributed by atoms with Crippen LogP contribution in [-0.4, -0.2) is 58.3 Å². The highest BCUT2D eigenvalue weighted by Gasteiger charge is 2.45. The van der Waals surface area contributed by atoms with Crippen molar-refractivity contribution in [3.8, 4) is 0 Å². The van der Waals surface area contributed by atoms with Crippen LogP contribution in [-0.2, 0) is 16.0 Å². The third-order valence-corrected chi connectivity index (χ3v) is 5.16. The van der Waals surface area contributed by atoms with Crippen molar-refractivity contribution >= 4 is 5.91 Å². The van der Waals surface area contributed by atoms with Crippen LogP contribution in [0.4, 0.5) is 0 Å². The lowest BCUT2D eigenvalue weighted by Gasteiger charge is -2.44. The second kappa shape index (κ2) is 10.8. The van der Waals surface area contributed by atoms with Gasteiger partial charge in [0.25, 0.3) is 0 Å². The van der Waals surface area contributed by atoms with Gasteiger partial charge in [-0.25, -0.2) is 0 Å². The van der Waals surface area contributed by atoms with Crippen LogP contribution in [0.25, 0.3) is 0 Å². The summed E-state index contributed by atoms with van der Waals surface area (Å²) in [6.45, 7) is 3.47. The highest BCUT2D eigenvalue weighted by Crippen LogP contribution is 2.26. The topological polar surface area (TPSA) is 99.0 Å². The molecule has 1 aliphatic heterocycles. The van der Waals surface area contributed by atoms with E-state index < -0.39 is 30.5 Å². The first-order valence-corrected chi connectivity index (χ1v) is 9.89. The number of amides is 1. The Morgan fingerprint density at radius 3 is 2.44 bits per heavy atom. The Labute approximate surface area is 161 Å². The molecule has 5 atom stereocenters. The third-order valence-electron chi connectivity index (χ3n) is 5.16. The molecule has 6 heteroatoms. The Morgan fingerprint density at radius 1 is 1.11 bits per heavy atom. The molecule has 1 aliphatic rings. The maximum Gasteiger partial charge on any atom is 0.220 e. The van der Waals surface area contributed by atoms with Gasteiger partial charge in [-0.05, 0) is 30.7 Å². The zero-order valence-corrected chi connectivity index (χ0v) is 16.3. The molecule has 0 aliphatic carbocycles. The number of carbonyl (C=O) groups excluding carboxylic acids is 1. The maximum atomic E-state index is 12.3. The van der Waals surface area contributed by atoms with E-state index in [1.807, 2.05) is 32.0 Å². The standard InChI is InChI=1S/C21H33NO5/c1-14(2)21-18(20(26)19(25)16(13-23)27-21)22-17(24)12-8-4-7-11-15-9-5-3-6-10-15/h3,5-6,9-10,14,16,18-21,23,25-26H,4,7-8,11-13H2,1-2H3,(H,22,24)/t16?,18?,19-,20?,21+/m1/s1. The van der Waals surface area contributed by atoms with Crippen LogP contribution in [0.5, 0.6) is 0 Å². The van der Waals surface area contributed by atoms with Gasteiger partial charge < -0.3 is 25.4 Å². The summed E-state index contributed by atoms with van der Waals surface area (Å²) in [5.74, 6) is -0.125. The molecule has 6 nitrogen and oxygen atoms in total. The minimum Gasteiger partial charge on any atom is -0.394 e. The smallest absolute Gasteiger partial charge is 0.220 e. The van der Waals surface area contributed by atoms with E-state index in [0.29, 0.717) is 6.42 Å². The number of aliphatic hydroxyl groups excluding tert-OH is 3. The number of hydrogen-bond donors (Lipinski definition) is 4. The summed E-state index contributed by atoms with van der Waals surface area (Å²) in [4.78, 5) is 12.3. The summed E-state index contributed by atoms with van der Waals surface area (Å²) in [7, 11) is 0. The Balaban J connectivity index is 1.77. The molecule has 0 spiro atoms. The summed E-state index contributed by atoms with van der Waals surface area (Å²) >= 11 is 0. The summed E-state index contributed by atoms with van der Waals surface area (Å²) in [6, 6.07) is 9.59. The quantitative estimate of drug-likeness (QED) is 0.486. The SMILES string of the molecule is CC(C)[C@@H]1OC(CO)[C@@H](O)C(O)C1NC(=O)CCCCCc1ccccc1. The van der Waals surface area contributed by atoms with Crippen molar-refractivity contribution in [3.63, 3.8) is 0 Å². The number of aryl methyl sites for hydroxylation is 1. The average molecular weight is 379 g/mol. The average Bonchev–Trinajstić information content (AvgIpc) is 2.66. The number of aliphatic hydroxyl groups is 3. The van der Waals surface area contributed by atoms with Crippen molar-refractivity contribution in [2.45, 2.75) is 76.4 Å². The van der Waals surface area contributed by atoms with Crippen molar-refractivity contribution in [1.82, 2.24) is 5.32 Å². The molecule has 27 heavy (non-hydrogen) atoms. The summed E-state index contributed by atoms with van der Waals surface area (Å²) < 4.78 is 5.71. The van der Waals surface area contributed by atoms with E-state index in [0.717, 1.165) is 25.7 Å². The molecule has 0 bridgehead atoms. The lowest BCUT2D eigenvalue weighted by atomic mass is 9.87. The van der Waals surface area contributed by atoms with Gasteiger partial charge in [0.05, 0.1) is 18.8 Å². The first-order chi connectivity index (χ1) is 12.9. The summed E-state index contributed by atoms with van der Waals surface area (Å²) in [6.07, 6.45) is 0.459. The second-order valence-electron chi connectivity index (χ2n) is 7.69. The molecule has 3 unspecified atom stereocenters. The van der Waals surface area contributed by atoms with Gasteiger partial charge in [0.1, 0.15) is 18.3 Å². The number of ether oxygens (including phenoxy) is 1. The third kappa shape index (κ3) is 6.28. The Hall–Kier alpha value is -1.47. The summed E-state index contributed by atoms with van der Waals surface area (Å²) in [5.41, 5.74) is 1.30. The van der Waals surface area contributed by atoms with Crippen LogP contribution in [0.3, 0.4) is 0 Å². The lowest BCUT2D eigenvalue weighted by Crippen LogP contribution is -2.65. The monoisotopic (exact) mass is 379 g/mol. The Kier molecular flexibility index (Phi) is 8.70. The molecular weight excluding hydrogens is 346 g/mol. The number of unbranched alkanes of at least 4 members (excludes halogenated alkanes) is 2. The zero-order chi connectivity index (χ0) is 19.8. The number of rotatable bonds is 9. The van der Waals surface area contributed by atoms with Gasteiger partial charge >= 0.3 is 0 Å². The number of hydrogen-bond acceptors (Lipinski definition) is 5. The minimum absolute atomic E-state index is 0.0253. The van der Waals surface area contributed by atoms with Crippen molar-refractivity contribution in [2.24, 2.45) is 5.92 Å². The minimum atomic E-state index is -1.22. The van der Waals surface area contributed by atoms with E-state index in [-0.39, 0.29) is 18.4 Å². The van der Waals surface area contributed by atoms with Gasteiger partial charge in [-0.2, -0.15) is 0 Å². The van der Waals surface area contributed by atoms with Gasteiger partial charge in [-0.1, -0.05) is 50.6 Å². The molecule has 0 radical (unpaired) electrons. The van der Waals surface area contributed by atoms with Crippen molar-refractivity contribution < 1.29 is 24.9 Å². The lowest BCUT2D eigenvalue weighted by molar-refractivity contribution is -0.204. The molecule has 1 heterocycles. The Bertz CT molecular complexity index is 565. The molecule has 0 saturated carbocycles. The van der Waals surface area contributed by atoms with Gasteiger partial charge in [0.2, 0.25) is 5.91 Å². The number of nitrogens with one attached hydrogen (secondary N) is 1. The van der Waals surface area contributed by atoms with E-state index in [4.69, 9.17) is 4.74 Å². The van der Waals surface area contributed by atoms with E-state index in [1.54, 1.807) is 0 Å². The normalized spacial score (nSPS) is 28.3.